The maximum atomic E-state index is 14.7. The predicted molar refractivity (Wildman–Crippen MR) is 113 cm³/mol. The lowest BCUT2D eigenvalue weighted by molar-refractivity contribution is 0.169. The maximum absolute atomic E-state index is 14.7. The second-order valence-corrected chi connectivity index (χ2v) is 7.13. The molecule has 0 saturated carbocycles. The van der Waals surface area contributed by atoms with Crippen molar-refractivity contribution < 1.29 is 14.2 Å². The third kappa shape index (κ3) is 3.84. The molecular weight excluding hydrogens is 385 g/mol. The van der Waals surface area contributed by atoms with Crippen LogP contribution in [0.3, 0.4) is 0 Å². The van der Waals surface area contributed by atoms with Crippen LogP contribution in [0.2, 0.25) is 0 Å². The Morgan fingerprint density at radius 3 is 2.73 bits per heavy atom. The van der Waals surface area contributed by atoms with Crippen LogP contribution in [-0.2, 0) is 0 Å². The molecule has 0 amide bonds. The highest BCUT2D eigenvalue weighted by Crippen LogP contribution is 2.37. The predicted octanol–water partition coefficient (Wildman–Crippen LogP) is 4.06. The van der Waals surface area contributed by atoms with Gasteiger partial charge in [-0.1, -0.05) is 30.3 Å². The molecule has 0 spiro atoms. The van der Waals surface area contributed by atoms with Crippen molar-refractivity contribution in [3.05, 3.63) is 77.2 Å². The van der Waals surface area contributed by atoms with Crippen LogP contribution >= 0.6 is 0 Å². The number of para-hydroxylation sites is 2. The van der Waals surface area contributed by atoms with Crippen LogP contribution < -0.4 is 10.3 Å². The summed E-state index contributed by atoms with van der Waals surface area (Å²) in [6, 6.07) is 14.2. The number of benzene rings is 2. The SMILES string of the molecule is CC(O)CCCOc1c(F)cccc1-c1cn(-c2ccccc2)c2nc[nH]c(=O)c12. The van der Waals surface area contributed by atoms with E-state index in [1.54, 1.807) is 25.3 Å². The summed E-state index contributed by atoms with van der Waals surface area (Å²) in [5, 5.41) is 9.78. The second kappa shape index (κ2) is 8.51. The van der Waals surface area contributed by atoms with Gasteiger partial charge in [-0.2, -0.15) is 0 Å². The molecule has 2 aromatic heterocycles. The summed E-state index contributed by atoms with van der Waals surface area (Å²) in [5.74, 6) is -0.427. The first-order valence-electron chi connectivity index (χ1n) is 9.80. The first-order chi connectivity index (χ1) is 14.6. The topological polar surface area (TPSA) is 80.1 Å². The number of nitrogens with zero attached hydrogens (tertiary/aromatic N) is 2. The van der Waals surface area contributed by atoms with E-state index < -0.39 is 11.9 Å². The third-order valence-electron chi connectivity index (χ3n) is 4.89. The molecule has 30 heavy (non-hydrogen) atoms. The summed E-state index contributed by atoms with van der Waals surface area (Å²) in [6.45, 7) is 1.96. The molecule has 2 aromatic carbocycles. The van der Waals surface area contributed by atoms with Gasteiger partial charge in [0, 0.05) is 23.0 Å². The molecule has 0 bridgehead atoms. The first kappa shape index (κ1) is 19.8. The fourth-order valence-corrected chi connectivity index (χ4v) is 3.48. The number of nitrogens with one attached hydrogen (secondary N) is 1. The Hall–Kier alpha value is -3.45. The molecule has 0 fully saturated rings. The first-order valence-corrected chi connectivity index (χ1v) is 9.80. The molecule has 0 aliphatic heterocycles. The quantitative estimate of drug-likeness (QED) is 0.453. The van der Waals surface area contributed by atoms with Crippen molar-refractivity contribution in [1.29, 1.82) is 0 Å². The van der Waals surface area contributed by atoms with Crippen molar-refractivity contribution in [2.75, 3.05) is 6.61 Å². The minimum Gasteiger partial charge on any atom is -0.490 e. The monoisotopic (exact) mass is 407 g/mol. The Kier molecular flexibility index (Phi) is 5.63. The number of aromatic nitrogens is 3. The molecule has 0 aliphatic rings. The van der Waals surface area contributed by atoms with Crippen molar-refractivity contribution in [3.63, 3.8) is 0 Å². The molecule has 0 aliphatic carbocycles. The average molecular weight is 407 g/mol. The molecule has 1 unspecified atom stereocenters. The van der Waals surface area contributed by atoms with E-state index in [1.807, 2.05) is 34.9 Å². The van der Waals surface area contributed by atoms with Crippen molar-refractivity contribution in [2.24, 2.45) is 0 Å². The van der Waals surface area contributed by atoms with Gasteiger partial charge in [0.15, 0.2) is 17.2 Å². The second-order valence-electron chi connectivity index (χ2n) is 7.13. The van der Waals surface area contributed by atoms with Crippen LogP contribution in [-0.4, -0.2) is 32.4 Å². The highest BCUT2D eigenvalue weighted by atomic mass is 19.1. The van der Waals surface area contributed by atoms with E-state index in [9.17, 15) is 14.3 Å². The lowest BCUT2D eigenvalue weighted by atomic mass is 10.0. The van der Waals surface area contributed by atoms with E-state index in [0.29, 0.717) is 35.0 Å². The highest BCUT2D eigenvalue weighted by Gasteiger charge is 2.20. The molecule has 1 atom stereocenters. The Balaban J connectivity index is 1.85. The van der Waals surface area contributed by atoms with Gasteiger partial charge >= 0.3 is 0 Å². The van der Waals surface area contributed by atoms with Gasteiger partial charge < -0.3 is 19.4 Å². The Morgan fingerprint density at radius 1 is 1.17 bits per heavy atom. The number of hydrogen-bond donors (Lipinski definition) is 2. The van der Waals surface area contributed by atoms with E-state index in [-0.39, 0.29) is 17.9 Å². The van der Waals surface area contributed by atoms with Crippen LogP contribution in [0.5, 0.6) is 5.75 Å². The number of ether oxygens (including phenoxy) is 1. The summed E-state index contributed by atoms with van der Waals surface area (Å²) in [7, 11) is 0. The summed E-state index contributed by atoms with van der Waals surface area (Å²) < 4.78 is 22.2. The van der Waals surface area contributed by atoms with E-state index in [0.717, 1.165) is 5.69 Å². The van der Waals surface area contributed by atoms with Gasteiger partial charge in [0.05, 0.1) is 24.4 Å². The smallest absolute Gasteiger partial charge is 0.260 e. The standard InChI is InChI=1S/C23H22FN3O3/c1-15(28)7-6-12-30-21-17(10-5-11-19(21)24)18-13-27(16-8-3-2-4-9-16)22-20(18)23(29)26-14-25-22/h2-5,8-11,13-15,28H,6-7,12H2,1H3,(H,25,26,29). The minimum atomic E-state index is -0.509. The van der Waals surface area contributed by atoms with Crippen molar-refractivity contribution in [3.8, 4) is 22.6 Å². The number of fused-ring (bicyclic) bond motifs is 1. The summed E-state index contributed by atoms with van der Waals surface area (Å²) in [6.07, 6.45) is 3.83. The largest absolute Gasteiger partial charge is 0.490 e. The zero-order valence-corrected chi connectivity index (χ0v) is 16.5. The van der Waals surface area contributed by atoms with Gasteiger partial charge in [0.25, 0.3) is 5.56 Å². The van der Waals surface area contributed by atoms with Crippen LogP contribution in [0, 0.1) is 5.82 Å². The van der Waals surface area contributed by atoms with Crippen molar-refractivity contribution in [1.82, 2.24) is 14.5 Å². The molecule has 154 valence electrons. The Bertz CT molecular complexity index is 1220. The molecule has 2 heterocycles. The zero-order chi connectivity index (χ0) is 21.1. The maximum Gasteiger partial charge on any atom is 0.260 e. The zero-order valence-electron chi connectivity index (χ0n) is 16.5. The van der Waals surface area contributed by atoms with Gasteiger partial charge in [-0.3, -0.25) is 4.79 Å². The number of aliphatic hydroxyl groups is 1. The van der Waals surface area contributed by atoms with Crippen LogP contribution in [0.15, 0.2) is 65.8 Å². The minimum absolute atomic E-state index is 0.0819. The normalized spacial score (nSPS) is 12.2. The van der Waals surface area contributed by atoms with Crippen LogP contribution in [0.1, 0.15) is 19.8 Å². The molecular formula is C23H22FN3O3. The van der Waals surface area contributed by atoms with Gasteiger partial charge in [-0.25, -0.2) is 9.37 Å². The van der Waals surface area contributed by atoms with Crippen molar-refractivity contribution in [2.45, 2.75) is 25.9 Å². The third-order valence-corrected chi connectivity index (χ3v) is 4.89. The van der Waals surface area contributed by atoms with E-state index >= 15 is 0 Å². The van der Waals surface area contributed by atoms with Crippen LogP contribution in [0.25, 0.3) is 27.8 Å². The fourth-order valence-electron chi connectivity index (χ4n) is 3.48. The van der Waals surface area contributed by atoms with E-state index in [1.165, 1.54) is 12.4 Å². The summed E-state index contributed by atoms with van der Waals surface area (Å²) in [4.78, 5) is 19.6. The summed E-state index contributed by atoms with van der Waals surface area (Å²) in [5.41, 5.74) is 2.01. The average Bonchev–Trinajstić information content (AvgIpc) is 3.13. The molecule has 0 radical (unpaired) electrons. The number of aromatic amines is 1. The van der Waals surface area contributed by atoms with Gasteiger partial charge in [0.2, 0.25) is 0 Å². The molecule has 7 heteroatoms. The highest BCUT2D eigenvalue weighted by molar-refractivity contribution is 5.96. The molecule has 0 saturated heterocycles. The molecule has 4 aromatic rings. The van der Waals surface area contributed by atoms with E-state index in [2.05, 4.69) is 9.97 Å². The lowest BCUT2D eigenvalue weighted by Crippen LogP contribution is -2.08. The lowest BCUT2D eigenvalue weighted by Gasteiger charge is -2.12. The number of H-pyrrole nitrogens is 1. The summed E-state index contributed by atoms with van der Waals surface area (Å²) >= 11 is 0. The van der Waals surface area contributed by atoms with Gasteiger partial charge in [-0.15, -0.1) is 0 Å². The van der Waals surface area contributed by atoms with Crippen molar-refractivity contribution >= 4 is 11.0 Å². The number of aliphatic hydroxyl groups excluding tert-OH is 1. The fraction of sp³-hybridized carbons (Fsp3) is 0.217. The van der Waals surface area contributed by atoms with E-state index in [4.69, 9.17) is 4.74 Å². The molecule has 4 rings (SSSR count). The number of rotatable bonds is 7. The molecule has 2 N–H and O–H groups in total. The number of halogens is 1. The van der Waals surface area contributed by atoms with Crippen LogP contribution in [0.4, 0.5) is 4.39 Å². The Morgan fingerprint density at radius 2 is 1.97 bits per heavy atom. The number of hydrogen-bond acceptors (Lipinski definition) is 4. The Labute approximate surface area is 172 Å². The van der Waals surface area contributed by atoms with Gasteiger partial charge in [0.1, 0.15) is 0 Å². The molecule has 6 nitrogen and oxygen atoms in total. The van der Waals surface area contributed by atoms with Gasteiger partial charge in [-0.05, 0) is 38.0 Å².